The summed E-state index contributed by atoms with van der Waals surface area (Å²) in [5.74, 6) is 2.26. The van der Waals surface area contributed by atoms with Gasteiger partial charge in [-0.2, -0.15) is 15.0 Å². The Bertz CT molecular complexity index is 558. The Morgan fingerprint density at radius 3 is 2.25 bits per heavy atom. The van der Waals surface area contributed by atoms with Gasteiger partial charge in [0, 0.05) is 23.6 Å². The van der Waals surface area contributed by atoms with E-state index in [4.69, 9.17) is 4.74 Å². The van der Waals surface area contributed by atoms with Crippen LogP contribution in [-0.4, -0.2) is 29.0 Å². The van der Waals surface area contributed by atoms with Crippen molar-refractivity contribution in [1.29, 1.82) is 0 Å². The third-order valence-corrected chi connectivity index (χ3v) is 3.28. The number of halogens is 1. The zero-order valence-electron chi connectivity index (χ0n) is 12.0. The summed E-state index contributed by atoms with van der Waals surface area (Å²) in [6.45, 7) is 4.09. The summed E-state index contributed by atoms with van der Waals surface area (Å²) in [7, 11) is 3.79. The highest BCUT2D eigenvalue weighted by molar-refractivity contribution is 14.1. The topological polar surface area (TPSA) is 51.1 Å². The summed E-state index contributed by atoms with van der Waals surface area (Å²) in [5, 5.41) is 0. The number of anilines is 1. The van der Waals surface area contributed by atoms with Gasteiger partial charge in [0.1, 0.15) is 11.6 Å². The molecule has 2 aromatic rings. The summed E-state index contributed by atoms with van der Waals surface area (Å²) in [6, 6.07) is 8.08. The average molecular weight is 384 g/mol. The van der Waals surface area contributed by atoms with Gasteiger partial charge in [0.05, 0.1) is 0 Å². The Labute approximate surface area is 132 Å². The van der Waals surface area contributed by atoms with E-state index in [1.54, 1.807) is 0 Å². The molecule has 20 heavy (non-hydrogen) atoms. The van der Waals surface area contributed by atoms with Crippen LogP contribution in [0.4, 0.5) is 5.95 Å². The number of hydrogen-bond donors (Lipinski definition) is 0. The Morgan fingerprint density at radius 1 is 1.05 bits per heavy atom. The second-order valence-electron chi connectivity index (χ2n) is 4.88. The first kappa shape index (κ1) is 15.0. The molecular formula is C14H17IN4O. The molecule has 0 atom stereocenters. The van der Waals surface area contributed by atoms with Crippen molar-refractivity contribution in [3.63, 3.8) is 0 Å². The van der Waals surface area contributed by atoms with Gasteiger partial charge in [0.25, 0.3) is 0 Å². The number of aromatic nitrogens is 3. The SMILES string of the molecule is CC(C)c1nc(Oc2ccc(I)cc2)nc(N(C)C)n1. The summed E-state index contributed by atoms with van der Waals surface area (Å²) >= 11 is 2.25. The molecule has 0 bridgehead atoms. The van der Waals surface area contributed by atoms with E-state index in [-0.39, 0.29) is 5.92 Å². The second kappa shape index (κ2) is 6.34. The smallest absolute Gasteiger partial charge is 0.327 e. The molecule has 5 nitrogen and oxygen atoms in total. The van der Waals surface area contributed by atoms with Crippen LogP contribution in [0, 0.1) is 3.57 Å². The molecule has 0 aliphatic rings. The van der Waals surface area contributed by atoms with Gasteiger partial charge in [0.15, 0.2) is 0 Å². The van der Waals surface area contributed by atoms with Gasteiger partial charge in [-0.1, -0.05) is 13.8 Å². The molecule has 0 fully saturated rings. The van der Waals surface area contributed by atoms with Crippen LogP contribution in [0.2, 0.25) is 0 Å². The molecule has 1 aromatic heterocycles. The average Bonchev–Trinajstić information content (AvgIpc) is 2.41. The molecule has 2 rings (SSSR count). The number of nitrogens with zero attached hydrogens (tertiary/aromatic N) is 4. The molecule has 0 aliphatic heterocycles. The van der Waals surface area contributed by atoms with Crippen LogP contribution in [0.25, 0.3) is 0 Å². The van der Waals surface area contributed by atoms with Crippen LogP contribution >= 0.6 is 22.6 Å². The van der Waals surface area contributed by atoms with Crippen LogP contribution in [0.15, 0.2) is 24.3 Å². The van der Waals surface area contributed by atoms with Crippen LogP contribution in [0.5, 0.6) is 11.8 Å². The second-order valence-corrected chi connectivity index (χ2v) is 6.13. The Kier molecular flexibility index (Phi) is 4.74. The zero-order chi connectivity index (χ0) is 14.7. The highest BCUT2D eigenvalue weighted by atomic mass is 127. The summed E-state index contributed by atoms with van der Waals surface area (Å²) in [6.07, 6.45) is 0. The monoisotopic (exact) mass is 384 g/mol. The fourth-order valence-corrected chi connectivity index (χ4v) is 1.83. The maximum atomic E-state index is 5.72. The maximum Gasteiger partial charge on any atom is 0.327 e. The largest absolute Gasteiger partial charge is 0.424 e. The lowest BCUT2D eigenvalue weighted by Gasteiger charge is -2.14. The van der Waals surface area contributed by atoms with Gasteiger partial charge in [0.2, 0.25) is 5.95 Å². The zero-order valence-corrected chi connectivity index (χ0v) is 14.1. The number of benzene rings is 1. The van der Waals surface area contributed by atoms with Crippen LogP contribution < -0.4 is 9.64 Å². The third kappa shape index (κ3) is 3.78. The highest BCUT2D eigenvalue weighted by Crippen LogP contribution is 2.22. The van der Waals surface area contributed by atoms with Crippen molar-refractivity contribution in [3.8, 4) is 11.8 Å². The van der Waals surface area contributed by atoms with E-state index in [0.29, 0.717) is 12.0 Å². The normalized spacial score (nSPS) is 10.7. The van der Waals surface area contributed by atoms with E-state index >= 15 is 0 Å². The Balaban J connectivity index is 2.32. The predicted octanol–water partition coefficient (Wildman–Crippen LogP) is 3.46. The Hall–Kier alpha value is -1.44. The van der Waals surface area contributed by atoms with E-state index in [2.05, 4.69) is 37.5 Å². The van der Waals surface area contributed by atoms with Crippen molar-refractivity contribution in [2.24, 2.45) is 0 Å². The summed E-state index contributed by atoms with van der Waals surface area (Å²) < 4.78 is 6.88. The van der Waals surface area contributed by atoms with Crippen LogP contribution in [-0.2, 0) is 0 Å². The van der Waals surface area contributed by atoms with E-state index in [0.717, 1.165) is 15.1 Å². The maximum absolute atomic E-state index is 5.72. The molecule has 0 saturated heterocycles. The molecule has 0 saturated carbocycles. The molecule has 0 spiro atoms. The molecule has 0 unspecified atom stereocenters. The van der Waals surface area contributed by atoms with E-state index in [1.165, 1.54) is 0 Å². The minimum absolute atomic E-state index is 0.218. The number of ether oxygens (including phenoxy) is 1. The van der Waals surface area contributed by atoms with Crippen molar-refractivity contribution >= 4 is 28.5 Å². The van der Waals surface area contributed by atoms with Gasteiger partial charge in [-0.25, -0.2) is 0 Å². The fourth-order valence-electron chi connectivity index (χ4n) is 1.47. The van der Waals surface area contributed by atoms with E-state index in [9.17, 15) is 0 Å². The van der Waals surface area contributed by atoms with Crippen molar-refractivity contribution in [1.82, 2.24) is 15.0 Å². The molecule has 0 amide bonds. The lowest BCUT2D eigenvalue weighted by atomic mass is 10.2. The van der Waals surface area contributed by atoms with Crippen molar-refractivity contribution in [2.75, 3.05) is 19.0 Å². The molecule has 1 aromatic carbocycles. The van der Waals surface area contributed by atoms with Crippen molar-refractivity contribution in [2.45, 2.75) is 19.8 Å². The lowest BCUT2D eigenvalue weighted by molar-refractivity contribution is 0.434. The van der Waals surface area contributed by atoms with Gasteiger partial charge in [-0.15, -0.1) is 0 Å². The number of rotatable bonds is 4. The molecule has 1 heterocycles. The minimum Gasteiger partial charge on any atom is -0.424 e. The van der Waals surface area contributed by atoms with Gasteiger partial charge in [-0.3, -0.25) is 0 Å². The van der Waals surface area contributed by atoms with E-state index < -0.39 is 0 Å². The standard InChI is InChI=1S/C14H17IN4O/c1-9(2)12-16-13(19(3)4)18-14(17-12)20-11-7-5-10(15)6-8-11/h5-9H,1-4H3. The van der Waals surface area contributed by atoms with Crippen LogP contribution in [0.3, 0.4) is 0 Å². The molecule has 6 heteroatoms. The summed E-state index contributed by atoms with van der Waals surface area (Å²) in [5.41, 5.74) is 0. The quantitative estimate of drug-likeness (QED) is 0.756. The molecular weight excluding hydrogens is 367 g/mol. The summed E-state index contributed by atoms with van der Waals surface area (Å²) in [4.78, 5) is 14.9. The lowest BCUT2D eigenvalue weighted by Crippen LogP contribution is -2.15. The first-order chi connectivity index (χ1) is 9.45. The van der Waals surface area contributed by atoms with Gasteiger partial charge >= 0.3 is 6.01 Å². The third-order valence-electron chi connectivity index (χ3n) is 2.56. The first-order valence-corrected chi connectivity index (χ1v) is 7.40. The molecule has 0 N–H and O–H groups in total. The molecule has 0 aliphatic carbocycles. The predicted molar refractivity (Wildman–Crippen MR) is 87.5 cm³/mol. The fraction of sp³-hybridized carbons (Fsp3) is 0.357. The Morgan fingerprint density at radius 2 is 1.70 bits per heavy atom. The highest BCUT2D eigenvalue weighted by Gasteiger charge is 2.12. The molecule has 0 radical (unpaired) electrons. The first-order valence-electron chi connectivity index (χ1n) is 6.32. The van der Waals surface area contributed by atoms with Crippen LogP contribution in [0.1, 0.15) is 25.6 Å². The molecule has 106 valence electrons. The number of hydrogen-bond acceptors (Lipinski definition) is 5. The van der Waals surface area contributed by atoms with Crippen molar-refractivity contribution < 1.29 is 4.74 Å². The minimum atomic E-state index is 0.218. The van der Waals surface area contributed by atoms with E-state index in [1.807, 2.05) is 57.1 Å². The van der Waals surface area contributed by atoms with Gasteiger partial charge in [-0.05, 0) is 46.9 Å². The van der Waals surface area contributed by atoms with Crippen molar-refractivity contribution in [3.05, 3.63) is 33.7 Å². The van der Waals surface area contributed by atoms with Gasteiger partial charge < -0.3 is 9.64 Å².